The minimum atomic E-state index is -3.57. The van der Waals surface area contributed by atoms with Crippen molar-refractivity contribution in [1.29, 1.82) is 0 Å². The first-order valence-corrected chi connectivity index (χ1v) is 11.3. The van der Waals surface area contributed by atoms with Crippen LogP contribution in [0.3, 0.4) is 0 Å². The summed E-state index contributed by atoms with van der Waals surface area (Å²) in [7, 11) is -2.07. The molecule has 3 rings (SSSR count). The maximum absolute atomic E-state index is 12.7. The molecular formula is C19H26N2O3S2. The van der Waals surface area contributed by atoms with Crippen LogP contribution in [-0.4, -0.2) is 40.1 Å². The zero-order valence-corrected chi connectivity index (χ0v) is 16.9. The zero-order chi connectivity index (χ0) is 18.6. The van der Waals surface area contributed by atoms with Crippen molar-refractivity contribution in [3.8, 4) is 5.75 Å². The number of methoxy groups -OCH3 is 1. The van der Waals surface area contributed by atoms with Gasteiger partial charge in [-0.15, -0.1) is 0 Å². The van der Waals surface area contributed by atoms with Crippen LogP contribution in [-0.2, 0) is 16.6 Å². The average molecular weight is 395 g/mol. The van der Waals surface area contributed by atoms with Crippen molar-refractivity contribution in [2.24, 2.45) is 5.92 Å². The molecule has 0 spiro atoms. The van der Waals surface area contributed by atoms with Crippen LogP contribution >= 0.6 is 11.3 Å². The van der Waals surface area contributed by atoms with Crippen LogP contribution in [0.1, 0.15) is 24.0 Å². The number of likely N-dealkylation sites (tertiary alicyclic amines) is 1. The highest BCUT2D eigenvalue weighted by Gasteiger charge is 2.24. The summed E-state index contributed by atoms with van der Waals surface area (Å²) in [6.07, 6.45) is 2.02. The second-order valence-electron chi connectivity index (χ2n) is 6.86. The first-order valence-electron chi connectivity index (χ1n) is 8.85. The Morgan fingerprint density at radius 1 is 1.27 bits per heavy atom. The number of rotatable bonds is 7. The van der Waals surface area contributed by atoms with Gasteiger partial charge < -0.3 is 4.74 Å². The molecule has 2 aromatic rings. The van der Waals surface area contributed by atoms with E-state index in [-0.39, 0.29) is 4.90 Å². The number of aryl methyl sites for hydroxylation is 1. The molecule has 5 nitrogen and oxygen atoms in total. The van der Waals surface area contributed by atoms with Crippen molar-refractivity contribution in [2.75, 3.05) is 26.7 Å². The molecule has 1 N–H and O–H groups in total. The van der Waals surface area contributed by atoms with E-state index in [9.17, 15) is 8.42 Å². The summed E-state index contributed by atoms with van der Waals surface area (Å²) < 4.78 is 33.4. The van der Waals surface area contributed by atoms with Crippen LogP contribution < -0.4 is 9.46 Å². The first kappa shape index (κ1) is 19.4. The molecule has 1 aliphatic rings. The number of thiophene rings is 1. The lowest BCUT2D eigenvalue weighted by atomic mass is 9.97. The second kappa shape index (κ2) is 8.52. The Bertz CT molecular complexity index is 811. The Morgan fingerprint density at radius 3 is 2.69 bits per heavy atom. The van der Waals surface area contributed by atoms with E-state index in [1.165, 1.54) is 12.7 Å². The number of hydrogen-bond acceptors (Lipinski definition) is 5. The summed E-state index contributed by atoms with van der Waals surface area (Å²) in [6, 6.07) is 7.37. The fourth-order valence-electron chi connectivity index (χ4n) is 3.29. The van der Waals surface area contributed by atoms with Crippen molar-refractivity contribution in [2.45, 2.75) is 31.2 Å². The highest BCUT2D eigenvalue weighted by molar-refractivity contribution is 7.89. The smallest absolute Gasteiger partial charge is 0.244 e. The predicted molar refractivity (Wildman–Crippen MR) is 105 cm³/mol. The summed E-state index contributed by atoms with van der Waals surface area (Å²) in [6.45, 7) is 5.36. The molecule has 0 radical (unpaired) electrons. The quantitative estimate of drug-likeness (QED) is 0.783. The van der Waals surface area contributed by atoms with Crippen molar-refractivity contribution in [3.63, 3.8) is 0 Å². The molecule has 142 valence electrons. The monoisotopic (exact) mass is 394 g/mol. The lowest BCUT2D eigenvalue weighted by Crippen LogP contribution is -2.38. The summed E-state index contributed by atoms with van der Waals surface area (Å²) >= 11 is 1.73. The van der Waals surface area contributed by atoms with Gasteiger partial charge in [-0.1, -0.05) is 6.07 Å². The van der Waals surface area contributed by atoms with E-state index in [0.29, 0.717) is 18.2 Å². The fraction of sp³-hybridized carbons (Fsp3) is 0.474. The van der Waals surface area contributed by atoms with Gasteiger partial charge in [-0.3, -0.25) is 4.90 Å². The molecule has 1 aliphatic heterocycles. The zero-order valence-electron chi connectivity index (χ0n) is 15.3. The molecule has 1 aromatic heterocycles. The van der Waals surface area contributed by atoms with Gasteiger partial charge in [0, 0.05) is 13.1 Å². The Kier molecular flexibility index (Phi) is 6.34. The number of benzene rings is 1. The van der Waals surface area contributed by atoms with Crippen LogP contribution in [0.25, 0.3) is 0 Å². The van der Waals surface area contributed by atoms with Gasteiger partial charge in [-0.2, -0.15) is 11.3 Å². The van der Waals surface area contributed by atoms with Gasteiger partial charge in [0.25, 0.3) is 0 Å². The normalized spacial score (nSPS) is 16.7. The molecule has 0 unspecified atom stereocenters. The summed E-state index contributed by atoms with van der Waals surface area (Å²) in [4.78, 5) is 2.66. The Balaban J connectivity index is 1.54. The number of nitrogens with zero attached hydrogens (tertiary/aromatic N) is 1. The van der Waals surface area contributed by atoms with Gasteiger partial charge in [0.1, 0.15) is 10.6 Å². The minimum absolute atomic E-state index is 0.217. The molecular weight excluding hydrogens is 368 g/mol. The molecule has 0 aliphatic carbocycles. The van der Waals surface area contributed by atoms with Gasteiger partial charge in [-0.05, 0) is 78.9 Å². The molecule has 0 bridgehead atoms. The molecule has 2 heterocycles. The number of piperidine rings is 1. The van der Waals surface area contributed by atoms with Crippen molar-refractivity contribution < 1.29 is 13.2 Å². The van der Waals surface area contributed by atoms with E-state index in [2.05, 4.69) is 26.4 Å². The number of ether oxygens (including phenoxy) is 1. The average Bonchev–Trinajstić information content (AvgIpc) is 3.14. The maximum atomic E-state index is 12.7. The van der Waals surface area contributed by atoms with Crippen LogP contribution in [0.4, 0.5) is 0 Å². The maximum Gasteiger partial charge on any atom is 0.244 e. The standard InChI is InChI=1S/C19H26N2O3S2/c1-15-3-4-18(24-2)19(11-15)26(22,23)20-12-16-5-8-21(9-6-16)13-17-7-10-25-14-17/h3-4,7,10-11,14,16,20H,5-6,8-9,12-13H2,1-2H3. The van der Waals surface area contributed by atoms with Gasteiger partial charge >= 0.3 is 0 Å². The molecule has 1 fully saturated rings. The molecule has 1 aromatic carbocycles. The largest absolute Gasteiger partial charge is 0.495 e. The van der Waals surface area contributed by atoms with Crippen LogP contribution in [0.5, 0.6) is 5.75 Å². The summed E-state index contributed by atoms with van der Waals surface area (Å²) in [5.41, 5.74) is 2.26. The van der Waals surface area contributed by atoms with E-state index in [0.717, 1.165) is 38.0 Å². The number of sulfonamides is 1. The first-order chi connectivity index (χ1) is 12.5. The molecule has 26 heavy (non-hydrogen) atoms. The Morgan fingerprint density at radius 2 is 2.04 bits per heavy atom. The fourth-order valence-corrected chi connectivity index (χ4v) is 5.32. The Hall–Kier alpha value is -1.41. The molecule has 1 saturated heterocycles. The van der Waals surface area contributed by atoms with Crippen LogP contribution in [0, 0.1) is 12.8 Å². The van der Waals surface area contributed by atoms with Gasteiger partial charge in [-0.25, -0.2) is 13.1 Å². The van der Waals surface area contributed by atoms with E-state index < -0.39 is 10.0 Å². The number of nitrogens with one attached hydrogen (secondary N) is 1. The van der Waals surface area contributed by atoms with Crippen molar-refractivity contribution >= 4 is 21.4 Å². The van der Waals surface area contributed by atoms with E-state index >= 15 is 0 Å². The second-order valence-corrected chi connectivity index (χ2v) is 9.37. The van der Waals surface area contributed by atoms with Gasteiger partial charge in [0.05, 0.1) is 7.11 Å². The molecule has 0 saturated carbocycles. The third-order valence-electron chi connectivity index (χ3n) is 4.86. The van der Waals surface area contributed by atoms with E-state index in [1.807, 2.05) is 13.0 Å². The van der Waals surface area contributed by atoms with E-state index in [4.69, 9.17) is 4.74 Å². The summed E-state index contributed by atoms with van der Waals surface area (Å²) in [5.74, 6) is 0.757. The molecule has 7 heteroatoms. The van der Waals surface area contributed by atoms with Gasteiger partial charge in [0.2, 0.25) is 10.0 Å². The van der Waals surface area contributed by atoms with Crippen LogP contribution in [0.15, 0.2) is 39.9 Å². The third-order valence-corrected chi connectivity index (χ3v) is 7.04. The van der Waals surface area contributed by atoms with Crippen molar-refractivity contribution in [3.05, 3.63) is 46.2 Å². The highest BCUT2D eigenvalue weighted by Crippen LogP contribution is 2.25. The predicted octanol–water partition coefficient (Wildman–Crippen LogP) is 3.26. The highest BCUT2D eigenvalue weighted by atomic mass is 32.2. The van der Waals surface area contributed by atoms with Crippen LogP contribution in [0.2, 0.25) is 0 Å². The van der Waals surface area contributed by atoms with E-state index in [1.54, 1.807) is 23.5 Å². The SMILES string of the molecule is COc1ccc(C)cc1S(=O)(=O)NCC1CCN(Cc2ccsc2)CC1. The number of hydrogen-bond donors (Lipinski definition) is 1. The van der Waals surface area contributed by atoms with Gasteiger partial charge in [0.15, 0.2) is 0 Å². The molecule has 0 atom stereocenters. The molecule has 0 amide bonds. The lowest BCUT2D eigenvalue weighted by Gasteiger charge is -2.31. The van der Waals surface area contributed by atoms with Crippen molar-refractivity contribution in [1.82, 2.24) is 9.62 Å². The summed E-state index contributed by atoms with van der Waals surface area (Å²) in [5, 5.41) is 4.30. The lowest BCUT2D eigenvalue weighted by molar-refractivity contribution is 0.178. The Labute approximate surface area is 160 Å². The topological polar surface area (TPSA) is 58.6 Å². The minimum Gasteiger partial charge on any atom is -0.495 e. The third kappa shape index (κ3) is 4.85.